The molecule has 2 aliphatic rings. The number of nitrogens with two attached hydrogens (primary N) is 1. The minimum absolute atomic E-state index is 0.0623. The predicted octanol–water partition coefficient (Wildman–Crippen LogP) is 0.714. The molecule has 0 bridgehead atoms. The van der Waals surface area contributed by atoms with E-state index in [-0.39, 0.29) is 17.5 Å². The van der Waals surface area contributed by atoms with Gasteiger partial charge in [0.05, 0.1) is 17.2 Å². The molecular formula is C11H17N3O2S2. The van der Waals surface area contributed by atoms with Crippen molar-refractivity contribution in [3.8, 4) is 0 Å². The summed E-state index contributed by atoms with van der Waals surface area (Å²) in [5.74, 6) is 0.479. The Kier molecular flexibility index (Phi) is 3.07. The number of hydrogen-bond donors (Lipinski definition) is 1. The molecule has 1 aromatic rings. The molecule has 100 valence electrons. The Bertz CT molecular complexity index is 539. The molecule has 0 spiro atoms. The fourth-order valence-corrected chi connectivity index (χ4v) is 4.90. The van der Waals surface area contributed by atoms with Gasteiger partial charge in [0, 0.05) is 24.0 Å². The fourth-order valence-electron chi connectivity index (χ4n) is 2.48. The zero-order chi connectivity index (χ0) is 12.8. The maximum Gasteiger partial charge on any atom is 0.185 e. The first kappa shape index (κ1) is 12.4. The van der Waals surface area contributed by atoms with Gasteiger partial charge in [-0.25, -0.2) is 13.4 Å². The summed E-state index contributed by atoms with van der Waals surface area (Å²) in [6, 6.07) is 0.0623. The summed E-state index contributed by atoms with van der Waals surface area (Å²) in [7, 11) is -2.83. The van der Waals surface area contributed by atoms with Gasteiger partial charge in [0.2, 0.25) is 0 Å². The molecule has 1 saturated heterocycles. The summed E-state index contributed by atoms with van der Waals surface area (Å²) in [5, 5.41) is 0.951. The second-order valence-corrected chi connectivity index (χ2v) is 8.31. The largest absolute Gasteiger partial charge is 0.346 e. The van der Waals surface area contributed by atoms with Crippen LogP contribution < -0.4 is 10.6 Å². The van der Waals surface area contributed by atoms with Crippen LogP contribution in [0.2, 0.25) is 0 Å². The summed E-state index contributed by atoms with van der Waals surface area (Å²) >= 11 is 1.69. The number of sulfone groups is 1. The van der Waals surface area contributed by atoms with Crippen LogP contribution in [-0.2, 0) is 16.3 Å². The van der Waals surface area contributed by atoms with Crippen LogP contribution in [0.25, 0.3) is 0 Å². The summed E-state index contributed by atoms with van der Waals surface area (Å²) in [6.45, 7) is 1.12. The normalized spacial score (nSPS) is 26.9. The fraction of sp³-hybridized carbons (Fsp3) is 0.727. The van der Waals surface area contributed by atoms with E-state index >= 15 is 0 Å². The molecule has 5 nitrogen and oxygen atoms in total. The van der Waals surface area contributed by atoms with Crippen LogP contribution in [0.4, 0.5) is 5.13 Å². The van der Waals surface area contributed by atoms with Gasteiger partial charge in [0.1, 0.15) is 0 Å². The quantitative estimate of drug-likeness (QED) is 0.823. The second kappa shape index (κ2) is 4.47. The van der Waals surface area contributed by atoms with Crippen LogP contribution in [-0.4, -0.2) is 38.0 Å². The molecule has 1 fully saturated rings. The van der Waals surface area contributed by atoms with Crippen molar-refractivity contribution in [2.24, 2.45) is 5.73 Å². The highest BCUT2D eigenvalue weighted by atomic mass is 32.2. The van der Waals surface area contributed by atoms with Gasteiger partial charge in [-0.05, 0) is 19.3 Å². The van der Waals surface area contributed by atoms with Gasteiger partial charge in [-0.15, -0.1) is 11.3 Å². The number of rotatable bonds is 1. The molecule has 3 rings (SSSR count). The van der Waals surface area contributed by atoms with E-state index in [4.69, 9.17) is 5.73 Å². The summed E-state index contributed by atoms with van der Waals surface area (Å²) in [6.07, 6.45) is 3.20. The van der Waals surface area contributed by atoms with Crippen molar-refractivity contribution in [2.75, 3.05) is 29.5 Å². The summed E-state index contributed by atoms with van der Waals surface area (Å²) < 4.78 is 22.8. The lowest BCUT2D eigenvalue weighted by molar-refractivity contribution is 0.562. The first-order chi connectivity index (χ1) is 8.55. The molecule has 7 heteroatoms. The number of hydrogen-bond acceptors (Lipinski definition) is 6. The van der Waals surface area contributed by atoms with Crippen molar-refractivity contribution in [1.82, 2.24) is 4.98 Å². The van der Waals surface area contributed by atoms with Gasteiger partial charge in [-0.1, -0.05) is 0 Å². The number of aryl methyl sites for hydroxylation is 1. The molecule has 0 amide bonds. The third-order valence-corrected chi connectivity index (χ3v) is 6.40. The molecule has 1 aromatic heterocycles. The molecule has 18 heavy (non-hydrogen) atoms. The first-order valence-corrected chi connectivity index (χ1v) is 8.89. The number of nitrogens with zero attached hydrogens (tertiary/aromatic N) is 2. The zero-order valence-corrected chi connectivity index (χ0v) is 11.8. The molecule has 1 aliphatic heterocycles. The van der Waals surface area contributed by atoms with Crippen LogP contribution in [0, 0.1) is 0 Å². The molecule has 2 N–H and O–H groups in total. The van der Waals surface area contributed by atoms with E-state index < -0.39 is 9.84 Å². The number of fused-ring (bicyclic) bond motifs is 1. The molecule has 2 heterocycles. The van der Waals surface area contributed by atoms with Crippen LogP contribution >= 0.6 is 11.3 Å². The maximum absolute atomic E-state index is 11.4. The Morgan fingerprint density at radius 2 is 2.06 bits per heavy atom. The average molecular weight is 287 g/mol. The minimum Gasteiger partial charge on any atom is -0.346 e. The van der Waals surface area contributed by atoms with Crippen molar-refractivity contribution >= 4 is 26.3 Å². The Labute approximate surface area is 111 Å². The standard InChI is InChI=1S/C11H17N3O2S2/c12-8-2-1-3-9-10(8)13-11(17-9)14-4-6-18(15,16)7-5-14/h8H,1-7,12H2. The van der Waals surface area contributed by atoms with Crippen LogP contribution in [0.3, 0.4) is 0 Å². The van der Waals surface area contributed by atoms with E-state index in [1.54, 1.807) is 11.3 Å². The van der Waals surface area contributed by atoms with Crippen molar-refractivity contribution < 1.29 is 8.42 Å². The Morgan fingerprint density at radius 1 is 1.33 bits per heavy atom. The van der Waals surface area contributed by atoms with E-state index in [2.05, 4.69) is 9.88 Å². The SMILES string of the molecule is NC1CCCc2sc(N3CCS(=O)(=O)CC3)nc21. The van der Waals surface area contributed by atoms with Crippen molar-refractivity contribution in [2.45, 2.75) is 25.3 Å². The molecule has 0 aromatic carbocycles. The van der Waals surface area contributed by atoms with Crippen molar-refractivity contribution in [1.29, 1.82) is 0 Å². The van der Waals surface area contributed by atoms with Crippen LogP contribution in [0.5, 0.6) is 0 Å². The maximum atomic E-state index is 11.4. The first-order valence-electron chi connectivity index (χ1n) is 6.26. The number of thiazole rings is 1. The van der Waals surface area contributed by atoms with Crippen molar-refractivity contribution in [3.63, 3.8) is 0 Å². The Morgan fingerprint density at radius 3 is 2.72 bits per heavy atom. The Hall–Kier alpha value is -0.660. The molecule has 1 atom stereocenters. The topological polar surface area (TPSA) is 76.3 Å². The average Bonchev–Trinajstić information content (AvgIpc) is 2.74. The van der Waals surface area contributed by atoms with Gasteiger partial charge >= 0.3 is 0 Å². The zero-order valence-electron chi connectivity index (χ0n) is 10.1. The predicted molar refractivity (Wildman–Crippen MR) is 72.8 cm³/mol. The van der Waals surface area contributed by atoms with Gasteiger partial charge in [-0.3, -0.25) is 0 Å². The van der Waals surface area contributed by atoms with Crippen LogP contribution in [0.15, 0.2) is 0 Å². The van der Waals surface area contributed by atoms with Gasteiger partial charge in [0.15, 0.2) is 15.0 Å². The third kappa shape index (κ3) is 2.26. The van der Waals surface area contributed by atoms with Crippen LogP contribution in [0.1, 0.15) is 29.5 Å². The van der Waals surface area contributed by atoms with Crippen molar-refractivity contribution in [3.05, 3.63) is 10.6 Å². The highest BCUT2D eigenvalue weighted by Gasteiger charge is 2.27. The highest BCUT2D eigenvalue weighted by Crippen LogP contribution is 2.35. The number of aromatic nitrogens is 1. The second-order valence-electron chi connectivity index (χ2n) is 4.94. The van der Waals surface area contributed by atoms with E-state index in [1.807, 2.05) is 0 Å². The molecule has 0 saturated carbocycles. The lowest BCUT2D eigenvalue weighted by atomic mass is 9.99. The summed E-state index contributed by atoms with van der Waals surface area (Å²) in [4.78, 5) is 8.00. The molecular weight excluding hydrogens is 270 g/mol. The molecule has 0 radical (unpaired) electrons. The van der Waals surface area contributed by atoms with E-state index in [0.717, 1.165) is 30.1 Å². The smallest absolute Gasteiger partial charge is 0.185 e. The highest BCUT2D eigenvalue weighted by molar-refractivity contribution is 7.91. The molecule has 1 aliphatic carbocycles. The van der Waals surface area contributed by atoms with Gasteiger partial charge < -0.3 is 10.6 Å². The summed E-state index contributed by atoms with van der Waals surface area (Å²) in [5.41, 5.74) is 7.10. The van der Waals surface area contributed by atoms with E-state index in [0.29, 0.717) is 13.1 Å². The lowest BCUT2D eigenvalue weighted by Gasteiger charge is -2.26. The minimum atomic E-state index is -2.83. The van der Waals surface area contributed by atoms with Gasteiger partial charge in [-0.2, -0.15) is 0 Å². The van der Waals surface area contributed by atoms with E-state index in [9.17, 15) is 8.42 Å². The third-order valence-electron chi connectivity index (χ3n) is 3.60. The van der Waals surface area contributed by atoms with Gasteiger partial charge in [0.25, 0.3) is 0 Å². The lowest BCUT2D eigenvalue weighted by Crippen LogP contribution is -2.40. The number of anilines is 1. The monoisotopic (exact) mass is 287 g/mol. The molecule has 1 unspecified atom stereocenters. The van der Waals surface area contributed by atoms with E-state index in [1.165, 1.54) is 4.88 Å². The Balaban J connectivity index is 1.82.